The summed E-state index contributed by atoms with van der Waals surface area (Å²) in [7, 11) is 1.97. The quantitative estimate of drug-likeness (QED) is 0.857. The molecule has 1 aromatic heterocycles. The van der Waals surface area contributed by atoms with Gasteiger partial charge in [0.05, 0.1) is 22.8 Å². The molecule has 96 valence electrons. The van der Waals surface area contributed by atoms with Crippen LogP contribution in [0.3, 0.4) is 0 Å². The standard InChI is InChI=1S/C15H14ClN3/c1-11-4-3-5-13(18-11)10-19(2)14-7-6-12(9-17)15(16)8-14/h3-8H,10H2,1-2H3. The van der Waals surface area contributed by atoms with Crippen molar-refractivity contribution in [2.24, 2.45) is 0 Å². The van der Waals surface area contributed by atoms with E-state index in [1.54, 1.807) is 12.1 Å². The molecule has 3 nitrogen and oxygen atoms in total. The Labute approximate surface area is 118 Å². The van der Waals surface area contributed by atoms with E-state index in [9.17, 15) is 0 Å². The van der Waals surface area contributed by atoms with E-state index in [4.69, 9.17) is 16.9 Å². The van der Waals surface area contributed by atoms with Gasteiger partial charge in [-0.2, -0.15) is 5.26 Å². The van der Waals surface area contributed by atoms with Gasteiger partial charge in [0.2, 0.25) is 0 Å². The minimum Gasteiger partial charge on any atom is -0.369 e. The fourth-order valence-electron chi connectivity index (χ4n) is 1.85. The molecule has 0 fully saturated rings. The van der Waals surface area contributed by atoms with Crippen molar-refractivity contribution in [3.8, 4) is 6.07 Å². The number of hydrogen-bond acceptors (Lipinski definition) is 3. The van der Waals surface area contributed by atoms with Gasteiger partial charge in [0.15, 0.2) is 0 Å². The summed E-state index contributed by atoms with van der Waals surface area (Å²) < 4.78 is 0. The smallest absolute Gasteiger partial charge is 0.101 e. The molecule has 0 saturated carbocycles. The summed E-state index contributed by atoms with van der Waals surface area (Å²) in [6, 6.07) is 13.4. The van der Waals surface area contributed by atoms with E-state index in [1.165, 1.54) is 0 Å². The minimum atomic E-state index is 0.476. The highest BCUT2D eigenvalue weighted by Gasteiger charge is 2.06. The van der Waals surface area contributed by atoms with Crippen molar-refractivity contribution in [1.82, 2.24) is 4.98 Å². The van der Waals surface area contributed by atoms with Crippen LogP contribution in [0.4, 0.5) is 5.69 Å². The summed E-state index contributed by atoms with van der Waals surface area (Å²) in [4.78, 5) is 6.52. The summed E-state index contributed by atoms with van der Waals surface area (Å²) in [5.41, 5.74) is 3.46. The number of rotatable bonds is 3. The summed E-state index contributed by atoms with van der Waals surface area (Å²) in [6.07, 6.45) is 0. The molecule has 1 aromatic carbocycles. The molecular formula is C15H14ClN3. The van der Waals surface area contributed by atoms with Gasteiger partial charge in [-0.25, -0.2) is 0 Å². The SMILES string of the molecule is Cc1cccc(CN(C)c2ccc(C#N)c(Cl)c2)n1. The molecule has 4 heteroatoms. The second-order valence-corrected chi connectivity index (χ2v) is 4.81. The average Bonchev–Trinajstić information content (AvgIpc) is 2.38. The van der Waals surface area contributed by atoms with Crippen LogP contribution >= 0.6 is 11.6 Å². The van der Waals surface area contributed by atoms with Crippen molar-refractivity contribution in [3.05, 3.63) is 58.4 Å². The molecule has 0 spiro atoms. The van der Waals surface area contributed by atoms with Crippen LogP contribution in [0.15, 0.2) is 36.4 Å². The van der Waals surface area contributed by atoms with Crippen LogP contribution in [0.1, 0.15) is 17.0 Å². The van der Waals surface area contributed by atoms with E-state index >= 15 is 0 Å². The highest BCUT2D eigenvalue weighted by molar-refractivity contribution is 6.32. The van der Waals surface area contributed by atoms with Crippen molar-refractivity contribution >= 4 is 17.3 Å². The maximum Gasteiger partial charge on any atom is 0.101 e. The lowest BCUT2D eigenvalue weighted by atomic mass is 10.2. The Balaban J connectivity index is 2.18. The zero-order valence-electron chi connectivity index (χ0n) is 10.9. The van der Waals surface area contributed by atoms with Crippen molar-refractivity contribution < 1.29 is 0 Å². The fourth-order valence-corrected chi connectivity index (χ4v) is 2.07. The first-order valence-corrected chi connectivity index (χ1v) is 6.31. The van der Waals surface area contributed by atoms with Gasteiger partial charge in [0.25, 0.3) is 0 Å². The molecule has 19 heavy (non-hydrogen) atoms. The number of nitriles is 1. The van der Waals surface area contributed by atoms with Crippen molar-refractivity contribution in [2.45, 2.75) is 13.5 Å². The highest BCUT2D eigenvalue weighted by atomic mass is 35.5. The lowest BCUT2D eigenvalue weighted by Crippen LogP contribution is -2.17. The Kier molecular flexibility index (Phi) is 4.03. The summed E-state index contributed by atoms with van der Waals surface area (Å²) in [5.74, 6) is 0. The van der Waals surface area contributed by atoms with E-state index in [-0.39, 0.29) is 0 Å². The maximum absolute atomic E-state index is 8.86. The van der Waals surface area contributed by atoms with Crippen LogP contribution in [0.5, 0.6) is 0 Å². The number of benzene rings is 1. The van der Waals surface area contributed by atoms with E-state index in [2.05, 4.69) is 16.0 Å². The molecule has 2 aromatic rings. The number of anilines is 1. The second kappa shape index (κ2) is 5.73. The third-order valence-corrected chi connectivity index (χ3v) is 3.17. The molecule has 0 unspecified atom stereocenters. The van der Waals surface area contributed by atoms with Crippen LogP contribution < -0.4 is 4.90 Å². The van der Waals surface area contributed by atoms with Crippen LogP contribution in [0.2, 0.25) is 5.02 Å². The normalized spacial score (nSPS) is 10.0. The van der Waals surface area contributed by atoms with Gasteiger partial charge in [-0.3, -0.25) is 4.98 Å². The predicted molar refractivity (Wildman–Crippen MR) is 77.2 cm³/mol. The third-order valence-electron chi connectivity index (χ3n) is 2.86. The van der Waals surface area contributed by atoms with Crippen LogP contribution in [-0.2, 0) is 6.54 Å². The highest BCUT2D eigenvalue weighted by Crippen LogP contribution is 2.23. The molecule has 0 aliphatic heterocycles. The van der Waals surface area contributed by atoms with Gasteiger partial charge >= 0.3 is 0 Å². The Morgan fingerprint density at radius 3 is 2.74 bits per heavy atom. The molecule has 0 N–H and O–H groups in total. The van der Waals surface area contributed by atoms with Crippen molar-refractivity contribution in [2.75, 3.05) is 11.9 Å². The monoisotopic (exact) mass is 271 g/mol. The molecule has 0 radical (unpaired) electrons. The molecule has 0 amide bonds. The summed E-state index contributed by atoms with van der Waals surface area (Å²) in [5, 5.41) is 9.33. The number of hydrogen-bond donors (Lipinski definition) is 0. The van der Waals surface area contributed by atoms with Gasteiger partial charge in [-0.15, -0.1) is 0 Å². The first-order chi connectivity index (χ1) is 9.10. The predicted octanol–water partition coefficient (Wildman–Crippen LogP) is 3.55. The number of halogens is 1. The van der Waals surface area contributed by atoms with E-state index in [1.807, 2.05) is 38.2 Å². The van der Waals surface area contributed by atoms with Crippen LogP contribution in [-0.4, -0.2) is 12.0 Å². The minimum absolute atomic E-state index is 0.476. The average molecular weight is 272 g/mol. The molecule has 0 atom stereocenters. The second-order valence-electron chi connectivity index (χ2n) is 4.40. The number of aromatic nitrogens is 1. The number of aryl methyl sites for hydroxylation is 1. The molecule has 0 aliphatic rings. The van der Waals surface area contributed by atoms with Crippen molar-refractivity contribution in [1.29, 1.82) is 5.26 Å². The third kappa shape index (κ3) is 3.24. The fraction of sp³-hybridized carbons (Fsp3) is 0.200. The van der Waals surface area contributed by atoms with Gasteiger partial charge in [0, 0.05) is 18.4 Å². The molecule has 0 bridgehead atoms. The van der Waals surface area contributed by atoms with Gasteiger partial charge in [-0.1, -0.05) is 17.7 Å². The molecule has 2 rings (SSSR count). The van der Waals surface area contributed by atoms with Crippen LogP contribution in [0, 0.1) is 18.3 Å². The van der Waals surface area contributed by atoms with E-state index < -0.39 is 0 Å². The largest absolute Gasteiger partial charge is 0.369 e. The lowest BCUT2D eigenvalue weighted by molar-refractivity contribution is 0.877. The first kappa shape index (κ1) is 13.4. The Hall–Kier alpha value is -2.05. The number of nitrogens with zero attached hydrogens (tertiary/aromatic N) is 3. The topological polar surface area (TPSA) is 39.9 Å². The van der Waals surface area contributed by atoms with Crippen molar-refractivity contribution in [3.63, 3.8) is 0 Å². The molecule has 1 heterocycles. The Morgan fingerprint density at radius 2 is 2.11 bits per heavy atom. The van der Waals surface area contributed by atoms with E-state index in [0.29, 0.717) is 17.1 Å². The summed E-state index contributed by atoms with van der Waals surface area (Å²) in [6.45, 7) is 2.67. The molecular weight excluding hydrogens is 258 g/mol. The zero-order chi connectivity index (χ0) is 13.8. The van der Waals surface area contributed by atoms with Crippen LogP contribution in [0.25, 0.3) is 0 Å². The van der Waals surface area contributed by atoms with Gasteiger partial charge < -0.3 is 4.90 Å². The number of pyridine rings is 1. The molecule has 0 saturated heterocycles. The maximum atomic E-state index is 8.86. The molecule has 0 aliphatic carbocycles. The zero-order valence-corrected chi connectivity index (χ0v) is 11.6. The van der Waals surface area contributed by atoms with Gasteiger partial charge in [-0.05, 0) is 37.3 Å². The first-order valence-electron chi connectivity index (χ1n) is 5.93. The van der Waals surface area contributed by atoms with E-state index in [0.717, 1.165) is 17.1 Å². The Bertz CT molecular complexity index is 632. The summed E-state index contributed by atoms with van der Waals surface area (Å²) >= 11 is 6.04. The lowest BCUT2D eigenvalue weighted by Gasteiger charge is -2.19. The Morgan fingerprint density at radius 1 is 1.32 bits per heavy atom. The van der Waals surface area contributed by atoms with Gasteiger partial charge in [0.1, 0.15) is 6.07 Å².